The van der Waals surface area contributed by atoms with Crippen molar-refractivity contribution >= 4 is 5.91 Å². The zero-order valence-corrected chi connectivity index (χ0v) is 11.1. The molecular weight excluding hydrogens is 222 g/mol. The standard InChI is InChI=1S/C16H21NO/c1-13(2)16(18)17-10-8-15(9-11-17)12-14-6-4-3-5-7-14/h3-7,15H,1,8-12H2,2H3. The Labute approximate surface area is 109 Å². The Balaban J connectivity index is 1.84. The lowest BCUT2D eigenvalue weighted by atomic mass is 9.90. The first-order chi connectivity index (χ1) is 8.66. The molecule has 0 saturated carbocycles. The van der Waals surface area contributed by atoms with Gasteiger partial charge in [0.15, 0.2) is 0 Å². The van der Waals surface area contributed by atoms with Gasteiger partial charge in [-0.1, -0.05) is 36.9 Å². The van der Waals surface area contributed by atoms with Crippen LogP contribution in [-0.2, 0) is 11.2 Å². The van der Waals surface area contributed by atoms with E-state index in [9.17, 15) is 4.79 Å². The second kappa shape index (κ2) is 5.85. The van der Waals surface area contributed by atoms with Crippen LogP contribution in [-0.4, -0.2) is 23.9 Å². The molecule has 0 radical (unpaired) electrons. The Morgan fingerprint density at radius 2 is 1.89 bits per heavy atom. The van der Waals surface area contributed by atoms with Crippen molar-refractivity contribution < 1.29 is 4.79 Å². The highest BCUT2D eigenvalue weighted by molar-refractivity contribution is 5.92. The maximum atomic E-state index is 11.8. The van der Waals surface area contributed by atoms with Crippen molar-refractivity contribution in [3.05, 3.63) is 48.0 Å². The average Bonchev–Trinajstić information content (AvgIpc) is 2.40. The summed E-state index contributed by atoms with van der Waals surface area (Å²) in [7, 11) is 0. The van der Waals surface area contributed by atoms with Gasteiger partial charge in [-0.2, -0.15) is 0 Å². The number of carbonyl (C=O) groups is 1. The quantitative estimate of drug-likeness (QED) is 0.747. The van der Waals surface area contributed by atoms with Crippen LogP contribution in [0.5, 0.6) is 0 Å². The minimum Gasteiger partial charge on any atom is -0.339 e. The van der Waals surface area contributed by atoms with Crippen LogP contribution < -0.4 is 0 Å². The molecule has 1 aromatic rings. The summed E-state index contributed by atoms with van der Waals surface area (Å²) >= 11 is 0. The van der Waals surface area contributed by atoms with Crippen molar-refractivity contribution in [1.82, 2.24) is 4.90 Å². The third-order valence-corrected chi connectivity index (χ3v) is 3.63. The van der Waals surface area contributed by atoms with Gasteiger partial charge in [-0.15, -0.1) is 0 Å². The third kappa shape index (κ3) is 3.22. The van der Waals surface area contributed by atoms with E-state index < -0.39 is 0 Å². The van der Waals surface area contributed by atoms with Gasteiger partial charge in [-0.05, 0) is 37.7 Å². The molecule has 2 nitrogen and oxygen atoms in total. The number of hydrogen-bond acceptors (Lipinski definition) is 1. The molecule has 18 heavy (non-hydrogen) atoms. The summed E-state index contributed by atoms with van der Waals surface area (Å²) in [5.41, 5.74) is 2.05. The van der Waals surface area contributed by atoms with E-state index in [1.807, 2.05) is 4.90 Å². The predicted molar refractivity (Wildman–Crippen MR) is 74.3 cm³/mol. The second-order valence-corrected chi connectivity index (χ2v) is 5.21. The molecular formula is C16H21NO. The Hall–Kier alpha value is -1.57. The Morgan fingerprint density at radius 3 is 2.44 bits per heavy atom. The van der Waals surface area contributed by atoms with Crippen molar-refractivity contribution in [1.29, 1.82) is 0 Å². The minimum atomic E-state index is 0.119. The molecule has 1 aliphatic rings. The molecule has 0 unspecified atom stereocenters. The number of rotatable bonds is 3. The number of hydrogen-bond donors (Lipinski definition) is 0. The van der Waals surface area contributed by atoms with Crippen LogP contribution in [0.15, 0.2) is 42.5 Å². The molecule has 1 heterocycles. The molecule has 0 aromatic heterocycles. The summed E-state index contributed by atoms with van der Waals surface area (Å²) in [5.74, 6) is 0.828. The van der Waals surface area contributed by atoms with Crippen molar-refractivity contribution in [3.8, 4) is 0 Å². The van der Waals surface area contributed by atoms with E-state index in [1.54, 1.807) is 6.92 Å². The molecule has 1 fully saturated rings. The van der Waals surface area contributed by atoms with Gasteiger partial charge in [0.25, 0.3) is 0 Å². The molecule has 2 rings (SSSR count). The van der Waals surface area contributed by atoms with Gasteiger partial charge >= 0.3 is 0 Å². The fourth-order valence-electron chi connectivity index (χ4n) is 2.56. The SMILES string of the molecule is C=C(C)C(=O)N1CCC(Cc2ccccc2)CC1. The topological polar surface area (TPSA) is 20.3 Å². The molecule has 96 valence electrons. The van der Waals surface area contributed by atoms with E-state index in [-0.39, 0.29) is 5.91 Å². The van der Waals surface area contributed by atoms with Crippen LogP contribution in [0.2, 0.25) is 0 Å². The number of amides is 1. The van der Waals surface area contributed by atoms with Gasteiger partial charge < -0.3 is 4.90 Å². The highest BCUT2D eigenvalue weighted by Crippen LogP contribution is 2.22. The number of likely N-dealkylation sites (tertiary alicyclic amines) is 1. The van der Waals surface area contributed by atoms with Crippen molar-refractivity contribution in [2.75, 3.05) is 13.1 Å². The van der Waals surface area contributed by atoms with Gasteiger partial charge in [-0.25, -0.2) is 0 Å². The van der Waals surface area contributed by atoms with Crippen LogP contribution in [0.25, 0.3) is 0 Å². The lowest BCUT2D eigenvalue weighted by Gasteiger charge is -2.32. The summed E-state index contributed by atoms with van der Waals surface area (Å²) in [4.78, 5) is 13.7. The molecule has 1 saturated heterocycles. The normalized spacial score (nSPS) is 16.6. The van der Waals surface area contributed by atoms with Gasteiger partial charge in [0, 0.05) is 18.7 Å². The number of carbonyl (C=O) groups excluding carboxylic acids is 1. The molecule has 1 amide bonds. The van der Waals surface area contributed by atoms with Crippen LogP contribution in [0.3, 0.4) is 0 Å². The van der Waals surface area contributed by atoms with Crippen molar-refractivity contribution in [2.24, 2.45) is 5.92 Å². The van der Waals surface area contributed by atoms with E-state index in [4.69, 9.17) is 0 Å². The lowest BCUT2D eigenvalue weighted by molar-refractivity contribution is -0.128. The van der Waals surface area contributed by atoms with Gasteiger partial charge in [0.1, 0.15) is 0 Å². The summed E-state index contributed by atoms with van der Waals surface area (Å²) in [6.07, 6.45) is 3.35. The summed E-state index contributed by atoms with van der Waals surface area (Å²) in [6, 6.07) is 10.6. The van der Waals surface area contributed by atoms with Gasteiger partial charge in [0.2, 0.25) is 5.91 Å². The Kier molecular flexibility index (Phi) is 4.19. The second-order valence-electron chi connectivity index (χ2n) is 5.21. The molecule has 1 aliphatic heterocycles. The largest absolute Gasteiger partial charge is 0.339 e. The van der Waals surface area contributed by atoms with Crippen LogP contribution >= 0.6 is 0 Å². The number of piperidine rings is 1. The number of nitrogens with zero attached hydrogens (tertiary/aromatic N) is 1. The fraction of sp³-hybridized carbons (Fsp3) is 0.438. The fourth-order valence-corrected chi connectivity index (χ4v) is 2.56. The van der Waals surface area contributed by atoms with Crippen LogP contribution in [0.4, 0.5) is 0 Å². The summed E-state index contributed by atoms with van der Waals surface area (Å²) < 4.78 is 0. The smallest absolute Gasteiger partial charge is 0.248 e. The maximum Gasteiger partial charge on any atom is 0.248 e. The first-order valence-electron chi connectivity index (χ1n) is 6.65. The molecule has 0 atom stereocenters. The van der Waals surface area contributed by atoms with E-state index in [0.717, 1.165) is 32.4 Å². The monoisotopic (exact) mass is 243 g/mol. The van der Waals surface area contributed by atoms with Crippen LogP contribution in [0, 0.1) is 5.92 Å². The van der Waals surface area contributed by atoms with E-state index in [2.05, 4.69) is 36.9 Å². The predicted octanol–water partition coefficient (Wildman–Crippen LogP) is 3.04. The molecule has 0 N–H and O–H groups in total. The zero-order valence-electron chi connectivity index (χ0n) is 11.1. The first kappa shape index (κ1) is 12.9. The van der Waals surface area contributed by atoms with Gasteiger partial charge in [-0.3, -0.25) is 4.79 Å². The van der Waals surface area contributed by atoms with Crippen molar-refractivity contribution in [2.45, 2.75) is 26.2 Å². The highest BCUT2D eigenvalue weighted by Gasteiger charge is 2.22. The minimum absolute atomic E-state index is 0.119. The third-order valence-electron chi connectivity index (χ3n) is 3.63. The summed E-state index contributed by atoms with van der Waals surface area (Å²) in [5, 5.41) is 0. The molecule has 0 spiro atoms. The molecule has 2 heteroatoms. The molecule has 0 aliphatic carbocycles. The Bertz CT molecular complexity index is 416. The first-order valence-corrected chi connectivity index (χ1v) is 6.65. The van der Waals surface area contributed by atoms with Crippen molar-refractivity contribution in [3.63, 3.8) is 0 Å². The van der Waals surface area contributed by atoms with E-state index in [1.165, 1.54) is 5.56 Å². The number of benzene rings is 1. The average molecular weight is 243 g/mol. The Morgan fingerprint density at radius 1 is 1.28 bits per heavy atom. The maximum absolute atomic E-state index is 11.8. The molecule has 1 aromatic carbocycles. The zero-order chi connectivity index (χ0) is 13.0. The highest BCUT2D eigenvalue weighted by atomic mass is 16.2. The summed E-state index contributed by atoms with van der Waals surface area (Å²) in [6.45, 7) is 7.27. The van der Waals surface area contributed by atoms with Gasteiger partial charge in [0.05, 0.1) is 0 Å². The molecule has 0 bridgehead atoms. The van der Waals surface area contributed by atoms with E-state index in [0.29, 0.717) is 11.5 Å². The van der Waals surface area contributed by atoms with E-state index >= 15 is 0 Å². The lowest BCUT2D eigenvalue weighted by Crippen LogP contribution is -2.39. The van der Waals surface area contributed by atoms with Crippen LogP contribution in [0.1, 0.15) is 25.3 Å².